The van der Waals surface area contributed by atoms with Gasteiger partial charge in [-0.1, -0.05) is 42.0 Å². The van der Waals surface area contributed by atoms with E-state index in [1.165, 1.54) is 29.3 Å². The van der Waals surface area contributed by atoms with Crippen molar-refractivity contribution in [1.82, 2.24) is 9.62 Å². The summed E-state index contributed by atoms with van der Waals surface area (Å²) in [5.41, 5.74) is 4.17. The Kier molecular flexibility index (Phi) is 7.73. The van der Waals surface area contributed by atoms with Gasteiger partial charge >= 0.3 is 0 Å². The summed E-state index contributed by atoms with van der Waals surface area (Å²) in [6.45, 7) is 6.04. The summed E-state index contributed by atoms with van der Waals surface area (Å²) >= 11 is 0. The SMILES string of the molecule is Cc1ccc(CN(CC(=O)N[C@H](C)c2ccc(N3CCCCC3)cc2)S(C)(=O)=O)cc1. The smallest absolute Gasteiger partial charge is 0.235 e. The molecule has 1 saturated heterocycles. The molecule has 6 nitrogen and oxygen atoms in total. The summed E-state index contributed by atoms with van der Waals surface area (Å²) in [7, 11) is -3.52. The van der Waals surface area contributed by atoms with Gasteiger partial charge in [0.1, 0.15) is 0 Å². The molecule has 0 bridgehead atoms. The van der Waals surface area contributed by atoms with Gasteiger partial charge in [0.25, 0.3) is 0 Å². The standard InChI is InChI=1S/C24H33N3O3S/c1-19-7-9-21(10-8-19)17-27(31(3,29)30)18-24(28)25-20(2)22-11-13-23(14-12-22)26-15-5-4-6-16-26/h7-14,20H,4-6,15-18H2,1-3H3,(H,25,28)/t20-/m1/s1. The van der Waals surface area contributed by atoms with Crippen LogP contribution in [0.2, 0.25) is 0 Å². The van der Waals surface area contributed by atoms with Crippen LogP contribution in [0.5, 0.6) is 0 Å². The number of nitrogens with one attached hydrogen (secondary N) is 1. The molecule has 2 aromatic rings. The van der Waals surface area contributed by atoms with Gasteiger partial charge in [0.15, 0.2) is 0 Å². The third-order valence-corrected chi connectivity index (χ3v) is 6.96. The first-order valence-electron chi connectivity index (χ1n) is 10.9. The lowest BCUT2D eigenvalue weighted by Gasteiger charge is -2.29. The lowest BCUT2D eigenvalue weighted by molar-refractivity contribution is -0.122. The fraction of sp³-hybridized carbons (Fsp3) is 0.458. The molecule has 2 aromatic carbocycles. The predicted molar refractivity (Wildman–Crippen MR) is 125 cm³/mol. The van der Waals surface area contributed by atoms with Gasteiger partial charge in [-0.15, -0.1) is 0 Å². The van der Waals surface area contributed by atoms with Gasteiger partial charge in [-0.3, -0.25) is 4.79 Å². The van der Waals surface area contributed by atoms with E-state index < -0.39 is 10.0 Å². The largest absolute Gasteiger partial charge is 0.372 e. The van der Waals surface area contributed by atoms with Crippen LogP contribution in [0.25, 0.3) is 0 Å². The summed E-state index contributed by atoms with van der Waals surface area (Å²) < 4.78 is 25.7. The zero-order valence-corrected chi connectivity index (χ0v) is 19.5. The Balaban J connectivity index is 1.60. The van der Waals surface area contributed by atoms with Crippen LogP contribution in [0, 0.1) is 6.92 Å². The number of piperidine rings is 1. The Bertz CT molecular complexity index is 966. The van der Waals surface area contributed by atoms with Crippen molar-refractivity contribution in [2.24, 2.45) is 0 Å². The molecule has 1 aliphatic heterocycles. The van der Waals surface area contributed by atoms with Gasteiger partial charge in [0.2, 0.25) is 15.9 Å². The second-order valence-corrected chi connectivity index (χ2v) is 10.4. The van der Waals surface area contributed by atoms with Crippen LogP contribution >= 0.6 is 0 Å². The highest BCUT2D eigenvalue weighted by Gasteiger charge is 2.22. The first-order valence-corrected chi connectivity index (χ1v) is 12.7. The third kappa shape index (κ3) is 6.80. The molecule has 1 atom stereocenters. The van der Waals surface area contributed by atoms with E-state index in [9.17, 15) is 13.2 Å². The third-order valence-electron chi connectivity index (χ3n) is 5.76. The molecule has 3 rings (SSSR count). The first kappa shape index (κ1) is 23.3. The molecular weight excluding hydrogens is 410 g/mol. The molecule has 1 amide bonds. The van der Waals surface area contributed by atoms with Gasteiger partial charge in [-0.25, -0.2) is 8.42 Å². The Morgan fingerprint density at radius 1 is 1.03 bits per heavy atom. The Morgan fingerprint density at radius 3 is 2.23 bits per heavy atom. The molecule has 0 spiro atoms. The number of nitrogens with zero attached hydrogens (tertiary/aromatic N) is 2. The summed E-state index contributed by atoms with van der Waals surface area (Å²) in [5.74, 6) is -0.315. The number of hydrogen-bond acceptors (Lipinski definition) is 4. The van der Waals surface area contributed by atoms with E-state index in [-0.39, 0.29) is 25.0 Å². The van der Waals surface area contributed by atoms with Crippen molar-refractivity contribution in [3.63, 3.8) is 0 Å². The number of sulfonamides is 1. The highest BCUT2D eigenvalue weighted by Crippen LogP contribution is 2.22. The first-order chi connectivity index (χ1) is 14.7. The van der Waals surface area contributed by atoms with E-state index in [0.717, 1.165) is 36.0 Å². The van der Waals surface area contributed by atoms with Crippen LogP contribution in [-0.4, -0.2) is 44.5 Å². The maximum Gasteiger partial charge on any atom is 0.235 e. The molecule has 31 heavy (non-hydrogen) atoms. The van der Waals surface area contributed by atoms with Crippen molar-refractivity contribution in [2.45, 2.75) is 45.7 Å². The molecule has 0 saturated carbocycles. The Labute approximate surface area is 186 Å². The highest BCUT2D eigenvalue weighted by molar-refractivity contribution is 7.88. The minimum absolute atomic E-state index is 0.172. The van der Waals surface area contributed by atoms with Gasteiger partial charge in [-0.2, -0.15) is 4.31 Å². The maximum atomic E-state index is 12.6. The summed E-state index contributed by atoms with van der Waals surface area (Å²) in [6, 6.07) is 15.7. The van der Waals surface area contributed by atoms with E-state index in [4.69, 9.17) is 0 Å². The Morgan fingerprint density at radius 2 is 1.65 bits per heavy atom. The topological polar surface area (TPSA) is 69.7 Å². The molecule has 0 radical (unpaired) electrons. The lowest BCUT2D eigenvalue weighted by atomic mass is 10.1. The van der Waals surface area contributed by atoms with Crippen LogP contribution in [0.3, 0.4) is 0 Å². The van der Waals surface area contributed by atoms with Crippen LogP contribution in [0.15, 0.2) is 48.5 Å². The number of rotatable bonds is 8. The van der Waals surface area contributed by atoms with E-state index in [2.05, 4.69) is 22.3 Å². The maximum absolute atomic E-state index is 12.6. The van der Waals surface area contributed by atoms with Crippen molar-refractivity contribution in [1.29, 1.82) is 0 Å². The molecule has 1 N–H and O–H groups in total. The van der Waals surface area contributed by atoms with Crippen LogP contribution in [0.4, 0.5) is 5.69 Å². The summed E-state index contributed by atoms with van der Waals surface area (Å²) in [6.07, 6.45) is 4.89. The minimum Gasteiger partial charge on any atom is -0.372 e. The number of anilines is 1. The highest BCUT2D eigenvalue weighted by atomic mass is 32.2. The quantitative estimate of drug-likeness (QED) is 0.677. The normalized spacial score (nSPS) is 15.7. The van der Waals surface area contributed by atoms with E-state index >= 15 is 0 Å². The molecule has 0 aromatic heterocycles. The number of aryl methyl sites for hydroxylation is 1. The molecular formula is C24H33N3O3S. The molecule has 1 fully saturated rings. The van der Waals surface area contributed by atoms with Crippen molar-refractivity contribution in [3.8, 4) is 0 Å². The number of hydrogen-bond donors (Lipinski definition) is 1. The molecule has 1 heterocycles. The molecule has 7 heteroatoms. The zero-order chi connectivity index (χ0) is 22.4. The van der Waals surface area contributed by atoms with Crippen molar-refractivity contribution >= 4 is 21.6 Å². The zero-order valence-electron chi connectivity index (χ0n) is 18.7. The number of benzene rings is 2. The second kappa shape index (κ2) is 10.3. The molecule has 1 aliphatic rings. The molecule has 168 valence electrons. The monoisotopic (exact) mass is 443 g/mol. The number of carbonyl (C=O) groups excluding carboxylic acids is 1. The number of carbonyl (C=O) groups is 1. The van der Waals surface area contributed by atoms with Crippen molar-refractivity contribution in [2.75, 3.05) is 30.8 Å². The minimum atomic E-state index is -3.52. The van der Waals surface area contributed by atoms with Crippen molar-refractivity contribution in [3.05, 3.63) is 65.2 Å². The van der Waals surface area contributed by atoms with Crippen molar-refractivity contribution < 1.29 is 13.2 Å². The van der Waals surface area contributed by atoms with Gasteiger partial charge < -0.3 is 10.2 Å². The predicted octanol–water partition coefficient (Wildman–Crippen LogP) is 3.62. The summed E-state index contributed by atoms with van der Waals surface area (Å²) in [4.78, 5) is 15.0. The van der Waals surface area contributed by atoms with Crippen LogP contribution in [0.1, 0.15) is 48.9 Å². The van der Waals surface area contributed by atoms with Gasteiger partial charge in [0, 0.05) is 25.3 Å². The van der Waals surface area contributed by atoms with E-state index in [0.29, 0.717) is 0 Å². The average molecular weight is 444 g/mol. The van der Waals surface area contributed by atoms with E-state index in [1.807, 2.05) is 50.2 Å². The number of amides is 1. The molecule has 0 unspecified atom stereocenters. The van der Waals surface area contributed by atoms with E-state index in [1.54, 1.807) is 0 Å². The fourth-order valence-electron chi connectivity index (χ4n) is 3.84. The van der Waals surface area contributed by atoms with Gasteiger partial charge in [-0.05, 0) is 56.4 Å². The summed E-state index contributed by atoms with van der Waals surface area (Å²) in [5, 5.41) is 2.93. The second-order valence-electron chi connectivity index (χ2n) is 8.45. The van der Waals surface area contributed by atoms with Crippen LogP contribution in [-0.2, 0) is 21.4 Å². The average Bonchev–Trinajstić information content (AvgIpc) is 2.75. The van der Waals surface area contributed by atoms with Gasteiger partial charge in [0.05, 0.1) is 18.8 Å². The fourth-order valence-corrected chi connectivity index (χ4v) is 4.58. The lowest BCUT2D eigenvalue weighted by Crippen LogP contribution is -2.40. The molecule has 0 aliphatic carbocycles. The van der Waals surface area contributed by atoms with Crippen LogP contribution < -0.4 is 10.2 Å². The Hall–Kier alpha value is -2.38.